The van der Waals surface area contributed by atoms with Crippen LogP contribution in [0.1, 0.15) is 0 Å². The quantitative estimate of drug-likeness (QED) is 0.167. The Morgan fingerprint density at radius 2 is 0.909 bits per heavy atom. The molecule has 3 heteroatoms. The number of fused-ring (bicyclic) bond motifs is 5. The molecule has 11 aromatic rings. The van der Waals surface area contributed by atoms with Crippen LogP contribution in [0.5, 0.6) is 0 Å². The maximum atomic E-state index is 5.01. The fourth-order valence-corrected chi connectivity index (χ4v) is 8.43. The van der Waals surface area contributed by atoms with Crippen molar-refractivity contribution >= 4 is 54.1 Å². The first-order chi connectivity index (χ1) is 27.3. The molecule has 0 amide bonds. The molecule has 0 radical (unpaired) electrons. The third-order valence-corrected chi connectivity index (χ3v) is 11.0. The monoisotopic (exact) mass is 699 g/mol. The number of imidazole rings is 1. The molecule has 0 aliphatic carbocycles. The van der Waals surface area contributed by atoms with Crippen LogP contribution in [0.15, 0.2) is 200 Å². The molecule has 0 saturated carbocycles. The van der Waals surface area contributed by atoms with Crippen LogP contribution in [0.3, 0.4) is 0 Å². The normalized spacial score (nSPS) is 11.6. The van der Waals surface area contributed by atoms with Gasteiger partial charge < -0.3 is 0 Å². The van der Waals surface area contributed by atoms with Gasteiger partial charge in [-0.2, -0.15) is 0 Å². The molecule has 0 atom stereocenters. The highest BCUT2D eigenvalue weighted by molar-refractivity contribution is 6.22. The number of hydrogen-bond donors (Lipinski definition) is 0. The predicted molar refractivity (Wildman–Crippen MR) is 231 cm³/mol. The zero-order valence-electron chi connectivity index (χ0n) is 29.9. The van der Waals surface area contributed by atoms with Crippen molar-refractivity contribution in [2.75, 3.05) is 0 Å². The van der Waals surface area contributed by atoms with Gasteiger partial charge in [-0.25, -0.2) is 4.98 Å². The summed E-state index contributed by atoms with van der Waals surface area (Å²) in [5.41, 5.74) is 11.1. The lowest BCUT2D eigenvalue weighted by atomic mass is 9.84. The first kappa shape index (κ1) is 31.2. The van der Waals surface area contributed by atoms with Crippen molar-refractivity contribution in [1.82, 2.24) is 14.5 Å². The Balaban J connectivity index is 1.13. The average molecular weight is 700 g/mol. The molecule has 0 saturated heterocycles. The van der Waals surface area contributed by atoms with E-state index in [4.69, 9.17) is 4.98 Å². The largest absolute Gasteiger partial charge is 0.291 e. The molecule has 0 aliphatic heterocycles. The number of para-hydroxylation sites is 2. The molecule has 256 valence electrons. The van der Waals surface area contributed by atoms with Crippen molar-refractivity contribution < 1.29 is 0 Å². The number of nitrogens with zero attached hydrogens (tertiary/aromatic N) is 3. The van der Waals surface area contributed by atoms with Gasteiger partial charge in [-0.05, 0) is 131 Å². The second kappa shape index (κ2) is 12.6. The molecule has 2 aromatic heterocycles. The third kappa shape index (κ3) is 5.20. The van der Waals surface area contributed by atoms with Crippen molar-refractivity contribution in [1.29, 1.82) is 0 Å². The Morgan fingerprint density at radius 3 is 1.58 bits per heavy atom. The second-order valence-electron chi connectivity index (χ2n) is 14.2. The van der Waals surface area contributed by atoms with Gasteiger partial charge in [0.15, 0.2) is 5.82 Å². The topological polar surface area (TPSA) is 30.7 Å². The highest BCUT2D eigenvalue weighted by Crippen LogP contribution is 2.46. The summed E-state index contributed by atoms with van der Waals surface area (Å²) in [6.07, 6.45) is 1.82. The highest BCUT2D eigenvalue weighted by atomic mass is 15.1. The van der Waals surface area contributed by atoms with E-state index in [0.717, 1.165) is 33.8 Å². The van der Waals surface area contributed by atoms with E-state index < -0.39 is 0 Å². The fraction of sp³-hybridized carbons (Fsp3) is 0. The van der Waals surface area contributed by atoms with Gasteiger partial charge in [0.25, 0.3) is 0 Å². The number of hydrogen-bond acceptors (Lipinski definition) is 2. The number of rotatable bonds is 5. The van der Waals surface area contributed by atoms with E-state index in [2.05, 4.69) is 179 Å². The van der Waals surface area contributed by atoms with E-state index in [0.29, 0.717) is 0 Å². The molecule has 0 N–H and O–H groups in total. The Kier molecular flexibility index (Phi) is 7.17. The standard InChI is InChI=1S/C52H33N3/c1-3-13-37-31-40(22-20-34(37)11-1)50-43-15-5-6-16-44(43)51(41-23-21-35-12-2-4-14-38(35)32-41)46-33-39(26-29-45(46)50)36-24-27-42(28-25-36)55-49-19-8-7-17-47(49)54-52(55)48-18-9-10-30-53-48/h1-33H. The molecular weight excluding hydrogens is 667 g/mol. The first-order valence-electron chi connectivity index (χ1n) is 18.7. The Labute approximate surface area is 318 Å². The molecule has 9 aromatic carbocycles. The Bertz CT molecular complexity index is 3250. The minimum Gasteiger partial charge on any atom is -0.291 e. The van der Waals surface area contributed by atoms with Crippen LogP contribution < -0.4 is 0 Å². The Morgan fingerprint density at radius 1 is 0.364 bits per heavy atom. The van der Waals surface area contributed by atoms with Crippen LogP contribution in [0, 0.1) is 0 Å². The summed E-state index contributed by atoms with van der Waals surface area (Å²) in [4.78, 5) is 9.66. The van der Waals surface area contributed by atoms with E-state index in [1.807, 2.05) is 30.5 Å². The molecule has 11 rings (SSSR count). The predicted octanol–water partition coefficient (Wildman–Crippen LogP) is 13.7. The van der Waals surface area contributed by atoms with Crippen molar-refractivity contribution in [3.05, 3.63) is 200 Å². The summed E-state index contributed by atoms with van der Waals surface area (Å²) in [6.45, 7) is 0. The van der Waals surface area contributed by atoms with Gasteiger partial charge in [0.1, 0.15) is 5.69 Å². The molecule has 0 unspecified atom stereocenters. The SMILES string of the molecule is c1ccc(-c2nc3ccccc3n2-c2ccc(-c3ccc4c(-c5ccc6ccccc6c5)c5ccccc5c(-c5ccc6ccccc6c5)c4c3)cc2)nc1. The summed E-state index contributed by atoms with van der Waals surface area (Å²) in [5, 5.41) is 9.93. The summed E-state index contributed by atoms with van der Waals surface area (Å²) in [5.74, 6) is 0.827. The number of benzene rings is 9. The second-order valence-corrected chi connectivity index (χ2v) is 14.2. The maximum Gasteiger partial charge on any atom is 0.164 e. The van der Waals surface area contributed by atoms with Gasteiger partial charge in [-0.3, -0.25) is 9.55 Å². The summed E-state index contributed by atoms with van der Waals surface area (Å²) in [7, 11) is 0. The zero-order chi connectivity index (χ0) is 36.3. The van der Waals surface area contributed by atoms with Gasteiger partial charge in [0.05, 0.1) is 11.0 Å². The van der Waals surface area contributed by atoms with E-state index in [1.165, 1.54) is 70.9 Å². The fourth-order valence-electron chi connectivity index (χ4n) is 8.43. The summed E-state index contributed by atoms with van der Waals surface area (Å²) >= 11 is 0. The van der Waals surface area contributed by atoms with Crippen molar-refractivity contribution in [3.8, 4) is 50.6 Å². The lowest BCUT2D eigenvalue weighted by Gasteiger charge is -2.19. The van der Waals surface area contributed by atoms with Gasteiger partial charge in [0.2, 0.25) is 0 Å². The molecule has 0 bridgehead atoms. The van der Waals surface area contributed by atoms with E-state index in [1.54, 1.807) is 0 Å². The molecule has 0 fully saturated rings. The van der Waals surface area contributed by atoms with Crippen molar-refractivity contribution in [3.63, 3.8) is 0 Å². The van der Waals surface area contributed by atoms with E-state index >= 15 is 0 Å². The molecule has 0 spiro atoms. The maximum absolute atomic E-state index is 5.01. The molecular formula is C52H33N3. The summed E-state index contributed by atoms with van der Waals surface area (Å²) in [6, 6.07) is 70.1. The molecule has 2 heterocycles. The average Bonchev–Trinajstić information content (AvgIpc) is 3.65. The minimum atomic E-state index is 0.827. The van der Waals surface area contributed by atoms with Crippen LogP contribution in [-0.2, 0) is 0 Å². The zero-order valence-corrected chi connectivity index (χ0v) is 29.9. The number of aromatic nitrogens is 3. The highest BCUT2D eigenvalue weighted by Gasteiger charge is 2.19. The molecule has 55 heavy (non-hydrogen) atoms. The Hall–Kier alpha value is -7.36. The van der Waals surface area contributed by atoms with Crippen LogP contribution in [0.2, 0.25) is 0 Å². The van der Waals surface area contributed by atoms with Crippen molar-refractivity contribution in [2.24, 2.45) is 0 Å². The van der Waals surface area contributed by atoms with Crippen molar-refractivity contribution in [2.45, 2.75) is 0 Å². The lowest BCUT2D eigenvalue weighted by molar-refractivity contribution is 1.08. The summed E-state index contributed by atoms with van der Waals surface area (Å²) < 4.78 is 2.21. The van der Waals surface area contributed by atoms with Gasteiger partial charge in [-0.1, -0.05) is 140 Å². The van der Waals surface area contributed by atoms with E-state index in [-0.39, 0.29) is 0 Å². The van der Waals surface area contributed by atoms with Crippen LogP contribution in [0.4, 0.5) is 0 Å². The van der Waals surface area contributed by atoms with Gasteiger partial charge in [-0.15, -0.1) is 0 Å². The first-order valence-corrected chi connectivity index (χ1v) is 18.7. The third-order valence-electron chi connectivity index (χ3n) is 11.0. The molecule has 3 nitrogen and oxygen atoms in total. The van der Waals surface area contributed by atoms with Crippen LogP contribution in [0.25, 0.3) is 105 Å². The van der Waals surface area contributed by atoms with Gasteiger partial charge in [0, 0.05) is 11.9 Å². The lowest BCUT2D eigenvalue weighted by Crippen LogP contribution is -1.98. The van der Waals surface area contributed by atoms with Gasteiger partial charge >= 0.3 is 0 Å². The van der Waals surface area contributed by atoms with E-state index in [9.17, 15) is 0 Å². The minimum absolute atomic E-state index is 0.827. The smallest absolute Gasteiger partial charge is 0.164 e. The van der Waals surface area contributed by atoms with Crippen LogP contribution in [-0.4, -0.2) is 14.5 Å². The van der Waals surface area contributed by atoms with Crippen LogP contribution >= 0.6 is 0 Å². The molecule has 0 aliphatic rings. The number of pyridine rings is 1.